The van der Waals surface area contributed by atoms with Crippen LogP contribution < -0.4 is 0 Å². The lowest BCUT2D eigenvalue weighted by atomic mass is 10.0. The fourth-order valence-corrected chi connectivity index (χ4v) is 9.03. The Bertz CT molecular complexity index is 3580. The molecule has 9 aromatic carbocycles. The van der Waals surface area contributed by atoms with E-state index in [9.17, 15) is 0 Å². The first-order valence-electron chi connectivity index (χ1n) is 20.4. The van der Waals surface area contributed by atoms with Crippen LogP contribution in [0.3, 0.4) is 0 Å². The van der Waals surface area contributed by atoms with Gasteiger partial charge in [-0.2, -0.15) is 0 Å². The lowest BCUT2D eigenvalue weighted by Gasteiger charge is -2.12. The minimum Gasteiger partial charge on any atom is -0.309 e. The minimum atomic E-state index is 0.708. The maximum Gasteiger partial charge on any atom is 0.160 e. The molecule has 0 unspecified atom stereocenters. The molecule has 280 valence electrons. The van der Waals surface area contributed by atoms with Crippen LogP contribution in [0.4, 0.5) is 0 Å². The van der Waals surface area contributed by atoms with Gasteiger partial charge in [0.1, 0.15) is 0 Å². The second kappa shape index (κ2) is 13.8. The van der Waals surface area contributed by atoms with Gasteiger partial charge in [-0.3, -0.25) is 0 Å². The highest BCUT2D eigenvalue weighted by Crippen LogP contribution is 2.39. The quantitative estimate of drug-likeness (QED) is 0.169. The van der Waals surface area contributed by atoms with Crippen LogP contribution in [-0.4, -0.2) is 19.1 Å². The summed E-state index contributed by atoms with van der Waals surface area (Å²) in [5, 5.41) is 7.35. The van der Waals surface area contributed by atoms with Crippen molar-refractivity contribution in [3.8, 4) is 56.4 Å². The largest absolute Gasteiger partial charge is 0.309 e. The van der Waals surface area contributed by atoms with Gasteiger partial charge >= 0.3 is 0 Å². The van der Waals surface area contributed by atoms with Crippen LogP contribution in [0.2, 0.25) is 0 Å². The lowest BCUT2D eigenvalue weighted by Crippen LogP contribution is -1.97. The minimum absolute atomic E-state index is 0.708. The van der Waals surface area contributed by atoms with Gasteiger partial charge in [0.05, 0.1) is 33.5 Å². The molecule has 0 saturated heterocycles. The smallest absolute Gasteiger partial charge is 0.160 e. The second-order valence-electron chi connectivity index (χ2n) is 15.4. The average molecular weight is 765 g/mol. The molecule has 0 amide bonds. The first kappa shape index (κ1) is 34.0. The molecule has 0 fully saturated rings. The fourth-order valence-electron chi connectivity index (χ4n) is 9.03. The third-order valence-corrected chi connectivity index (χ3v) is 11.9. The Morgan fingerprint density at radius 3 is 1.37 bits per heavy atom. The number of nitrogens with zero attached hydrogens (tertiary/aromatic N) is 4. The van der Waals surface area contributed by atoms with E-state index in [0.717, 1.165) is 33.8 Å². The van der Waals surface area contributed by atoms with E-state index in [2.05, 4.69) is 209 Å². The Morgan fingerprint density at radius 1 is 0.267 bits per heavy atom. The summed E-state index contributed by atoms with van der Waals surface area (Å²) in [7, 11) is 0. The Balaban J connectivity index is 0.951. The molecular formula is C56H36N4. The van der Waals surface area contributed by atoms with Gasteiger partial charge in [0, 0.05) is 49.6 Å². The van der Waals surface area contributed by atoms with E-state index in [-0.39, 0.29) is 0 Å². The van der Waals surface area contributed by atoms with Gasteiger partial charge in [-0.25, -0.2) is 9.97 Å². The van der Waals surface area contributed by atoms with Crippen molar-refractivity contribution in [3.63, 3.8) is 0 Å². The number of hydrogen-bond acceptors (Lipinski definition) is 2. The van der Waals surface area contributed by atoms with Crippen LogP contribution in [0.1, 0.15) is 0 Å². The number of para-hydroxylation sites is 3. The third-order valence-electron chi connectivity index (χ3n) is 11.9. The van der Waals surface area contributed by atoms with Gasteiger partial charge in [-0.05, 0) is 94.7 Å². The SMILES string of the molecule is c1ccc(-c2nc(-c3ccc(-n4c5ccccc5c5cc(-c6ccc7c(c6)c6ccccc6n7-c6ccccc6)ccc54)cc3)cc(-c3ccc4ccccc4c3)n2)cc1. The van der Waals surface area contributed by atoms with Crippen molar-refractivity contribution < 1.29 is 0 Å². The van der Waals surface area contributed by atoms with Gasteiger partial charge in [0.15, 0.2) is 5.82 Å². The van der Waals surface area contributed by atoms with Crippen LogP contribution in [0.5, 0.6) is 0 Å². The first-order valence-corrected chi connectivity index (χ1v) is 20.4. The molecule has 4 heteroatoms. The van der Waals surface area contributed by atoms with Gasteiger partial charge in [-0.1, -0.05) is 146 Å². The molecule has 0 aliphatic carbocycles. The first-order chi connectivity index (χ1) is 29.7. The summed E-state index contributed by atoms with van der Waals surface area (Å²) in [5.74, 6) is 0.708. The summed E-state index contributed by atoms with van der Waals surface area (Å²) in [4.78, 5) is 10.2. The maximum atomic E-state index is 5.13. The summed E-state index contributed by atoms with van der Waals surface area (Å²) in [6, 6.07) is 78.0. The molecular weight excluding hydrogens is 729 g/mol. The Morgan fingerprint density at radius 2 is 0.733 bits per heavy atom. The highest BCUT2D eigenvalue weighted by Gasteiger charge is 2.17. The van der Waals surface area contributed by atoms with E-state index < -0.39 is 0 Å². The van der Waals surface area contributed by atoms with Gasteiger partial charge in [0.2, 0.25) is 0 Å². The lowest BCUT2D eigenvalue weighted by molar-refractivity contribution is 1.17. The van der Waals surface area contributed by atoms with Crippen molar-refractivity contribution in [1.82, 2.24) is 19.1 Å². The van der Waals surface area contributed by atoms with Crippen molar-refractivity contribution in [2.24, 2.45) is 0 Å². The molecule has 12 aromatic rings. The molecule has 0 bridgehead atoms. The third kappa shape index (κ3) is 5.61. The van der Waals surface area contributed by atoms with Crippen LogP contribution in [-0.2, 0) is 0 Å². The van der Waals surface area contributed by atoms with Gasteiger partial charge < -0.3 is 9.13 Å². The molecule has 0 radical (unpaired) electrons. The maximum absolute atomic E-state index is 5.13. The molecule has 0 aliphatic heterocycles. The van der Waals surface area contributed by atoms with E-state index in [4.69, 9.17) is 9.97 Å². The number of benzene rings is 9. The van der Waals surface area contributed by atoms with E-state index in [1.165, 1.54) is 71.2 Å². The summed E-state index contributed by atoms with van der Waals surface area (Å²) in [5.41, 5.74) is 14.3. The van der Waals surface area contributed by atoms with E-state index in [1.54, 1.807) is 0 Å². The van der Waals surface area contributed by atoms with E-state index in [0.29, 0.717) is 5.82 Å². The standard InChI is InChI=1S/C56H36N4/c1-3-14-39(15-4-1)56-57-50(36-51(58-56)43-24-23-37-13-7-8-16-40(37)33-43)38-25-29-45(30-26-38)60-53-22-12-10-20-47(53)49-35-42(28-32-55(49)60)41-27-31-54-48(34-41)46-19-9-11-21-52(46)59(54)44-17-5-2-6-18-44/h1-36H. The van der Waals surface area contributed by atoms with Crippen molar-refractivity contribution in [2.45, 2.75) is 0 Å². The number of aromatic nitrogens is 4. The molecule has 0 atom stereocenters. The summed E-state index contributed by atoms with van der Waals surface area (Å²) >= 11 is 0. The van der Waals surface area contributed by atoms with Crippen LogP contribution in [0.25, 0.3) is 111 Å². The Kier molecular flexibility index (Phi) is 7.82. The number of hydrogen-bond donors (Lipinski definition) is 0. The molecule has 3 heterocycles. The predicted octanol–water partition coefficient (Wildman–Crippen LogP) is 14.5. The van der Waals surface area contributed by atoms with E-state index in [1.807, 2.05) is 18.2 Å². The van der Waals surface area contributed by atoms with Crippen LogP contribution in [0, 0.1) is 0 Å². The van der Waals surface area contributed by atoms with E-state index >= 15 is 0 Å². The summed E-state index contributed by atoms with van der Waals surface area (Å²) in [6.07, 6.45) is 0. The second-order valence-corrected chi connectivity index (χ2v) is 15.4. The molecule has 0 spiro atoms. The summed E-state index contributed by atoms with van der Waals surface area (Å²) in [6.45, 7) is 0. The van der Waals surface area contributed by atoms with Gasteiger partial charge in [0.25, 0.3) is 0 Å². The van der Waals surface area contributed by atoms with Crippen LogP contribution >= 0.6 is 0 Å². The molecule has 4 nitrogen and oxygen atoms in total. The average Bonchev–Trinajstić information content (AvgIpc) is 3.84. The molecule has 60 heavy (non-hydrogen) atoms. The number of rotatable bonds is 6. The number of fused-ring (bicyclic) bond motifs is 7. The predicted molar refractivity (Wildman–Crippen MR) is 250 cm³/mol. The summed E-state index contributed by atoms with van der Waals surface area (Å²) < 4.78 is 4.75. The molecule has 0 saturated carbocycles. The Hall–Kier alpha value is -8.08. The Labute approximate surface area is 346 Å². The van der Waals surface area contributed by atoms with Crippen molar-refractivity contribution >= 4 is 54.4 Å². The zero-order chi connectivity index (χ0) is 39.6. The monoisotopic (exact) mass is 764 g/mol. The molecule has 0 aliphatic rings. The zero-order valence-corrected chi connectivity index (χ0v) is 32.6. The van der Waals surface area contributed by atoms with Crippen molar-refractivity contribution in [2.75, 3.05) is 0 Å². The topological polar surface area (TPSA) is 35.6 Å². The zero-order valence-electron chi connectivity index (χ0n) is 32.6. The van der Waals surface area contributed by atoms with Crippen molar-refractivity contribution in [1.29, 1.82) is 0 Å². The normalized spacial score (nSPS) is 11.7. The molecule has 12 rings (SSSR count). The molecule has 3 aromatic heterocycles. The van der Waals surface area contributed by atoms with Crippen LogP contribution in [0.15, 0.2) is 218 Å². The molecule has 0 N–H and O–H groups in total. The highest BCUT2D eigenvalue weighted by molar-refractivity contribution is 6.12. The van der Waals surface area contributed by atoms with Gasteiger partial charge in [-0.15, -0.1) is 0 Å². The highest BCUT2D eigenvalue weighted by atomic mass is 15.0. The fraction of sp³-hybridized carbons (Fsp3) is 0. The van der Waals surface area contributed by atoms with Crippen molar-refractivity contribution in [3.05, 3.63) is 218 Å².